The van der Waals surface area contributed by atoms with Crippen LogP contribution in [0, 0.1) is 10.1 Å². The molecule has 0 aromatic heterocycles. The first kappa shape index (κ1) is 10.9. The zero-order valence-electron chi connectivity index (χ0n) is 7.37. The van der Waals surface area contributed by atoms with Gasteiger partial charge < -0.3 is 5.73 Å². The van der Waals surface area contributed by atoms with Gasteiger partial charge in [-0.15, -0.1) is 0 Å². The summed E-state index contributed by atoms with van der Waals surface area (Å²) in [5.41, 5.74) is 6.79. The molecule has 0 fully saturated rings. The molecule has 1 aromatic carbocycles. The van der Waals surface area contributed by atoms with Crippen molar-refractivity contribution in [1.82, 2.24) is 0 Å². The van der Waals surface area contributed by atoms with E-state index in [1.54, 1.807) is 6.07 Å². The van der Waals surface area contributed by atoms with Gasteiger partial charge in [0.1, 0.15) is 0 Å². The van der Waals surface area contributed by atoms with E-state index in [9.17, 15) is 10.1 Å². The fourth-order valence-electron chi connectivity index (χ4n) is 1.00. The lowest BCUT2D eigenvalue weighted by Crippen LogP contribution is -2.01. The lowest BCUT2D eigenvalue weighted by molar-refractivity contribution is -0.384. The Bertz CT molecular complexity index is 390. The van der Waals surface area contributed by atoms with Crippen molar-refractivity contribution in [3.05, 3.63) is 44.9 Å². The van der Waals surface area contributed by atoms with Crippen LogP contribution in [-0.2, 0) is 0 Å². The van der Waals surface area contributed by atoms with Gasteiger partial charge in [-0.3, -0.25) is 10.1 Å². The molecule has 0 bridgehead atoms. The number of hydrogen-bond acceptors (Lipinski definition) is 3. The van der Waals surface area contributed by atoms with Crippen LogP contribution in [0.15, 0.2) is 29.3 Å². The summed E-state index contributed by atoms with van der Waals surface area (Å²) in [6, 6.07) is 4.65. The lowest BCUT2D eigenvalue weighted by Gasteiger charge is -2.03. The van der Waals surface area contributed by atoms with E-state index in [1.807, 2.05) is 0 Å². The fraction of sp³-hybridized carbons (Fsp3) is 0.111. The summed E-state index contributed by atoms with van der Waals surface area (Å²) in [5, 5.41) is 10.5. The molecule has 4 nitrogen and oxygen atoms in total. The number of nitrogens with zero attached hydrogens (tertiary/aromatic N) is 1. The summed E-state index contributed by atoms with van der Waals surface area (Å²) in [4.78, 5) is 10.1. The van der Waals surface area contributed by atoms with Crippen LogP contribution in [0.5, 0.6) is 0 Å². The summed E-state index contributed by atoms with van der Waals surface area (Å²) in [5.74, 6) is 0. The highest BCUT2D eigenvalue weighted by molar-refractivity contribution is 9.10. The van der Waals surface area contributed by atoms with Crippen LogP contribution in [0.3, 0.4) is 0 Å². The minimum absolute atomic E-state index is 0.0315. The summed E-state index contributed by atoms with van der Waals surface area (Å²) >= 11 is 3.19. The van der Waals surface area contributed by atoms with Crippen molar-refractivity contribution in [3.63, 3.8) is 0 Å². The molecule has 14 heavy (non-hydrogen) atoms. The predicted octanol–water partition coefficient (Wildman–Crippen LogP) is 2.33. The van der Waals surface area contributed by atoms with Crippen LogP contribution in [-0.4, -0.2) is 11.5 Å². The van der Waals surface area contributed by atoms with Crippen LogP contribution in [0.25, 0.3) is 5.57 Å². The van der Waals surface area contributed by atoms with Crippen molar-refractivity contribution >= 4 is 27.2 Å². The minimum atomic E-state index is -0.446. The quantitative estimate of drug-likeness (QED) is 0.667. The smallest absolute Gasteiger partial charge is 0.271 e. The van der Waals surface area contributed by atoms with Gasteiger partial charge in [0.05, 0.1) is 4.92 Å². The first-order valence-electron chi connectivity index (χ1n) is 3.88. The molecular formula is C9H9BrN2O2. The molecule has 2 N–H and O–H groups in total. The molecule has 0 aliphatic heterocycles. The number of nitro benzene ring substituents is 1. The Morgan fingerprint density at radius 3 is 2.71 bits per heavy atom. The van der Waals surface area contributed by atoms with Gasteiger partial charge >= 0.3 is 0 Å². The molecule has 1 aromatic rings. The van der Waals surface area contributed by atoms with Crippen LogP contribution in [0.2, 0.25) is 0 Å². The molecule has 0 atom stereocenters. The van der Waals surface area contributed by atoms with Crippen molar-refractivity contribution in [2.75, 3.05) is 6.54 Å². The van der Waals surface area contributed by atoms with Gasteiger partial charge in [0.15, 0.2) is 0 Å². The summed E-state index contributed by atoms with van der Waals surface area (Å²) in [6.07, 6.45) is 0. The number of halogens is 1. The maximum atomic E-state index is 10.5. The zero-order valence-corrected chi connectivity index (χ0v) is 8.95. The second-order valence-electron chi connectivity index (χ2n) is 2.76. The minimum Gasteiger partial charge on any atom is -0.326 e. The molecule has 0 unspecified atom stereocenters. The maximum absolute atomic E-state index is 10.5. The monoisotopic (exact) mass is 256 g/mol. The highest BCUT2D eigenvalue weighted by atomic mass is 79.9. The van der Waals surface area contributed by atoms with E-state index in [1.165, 1.54) is 12.1 Å². The molecule has 0 aliphatic rings. The summed E-state index contributed by atoms with van der Waals surface area (Å²) < 4.78 is 0.649. The van der Waals surface area contributed by atoms with Crippen LogP contribution in [0.4, 0.5) is 5.69 Å². The van der Waals surface area contributed by atoms with Gasteiger partial charge in [-0.05, 0) is 17.2 Å². The SMILES string of the molecule is C=C(CN)c1cc(Br)cc([N+](=O)[O-])c1. The number of benzene rings is 1. The highest BCUT2D eigenvalue weighted by Crippen LogP contribution is 2.24. The Morgan fingerprint density at radius 1 is 1.57 bits per heavy atom. The molecular weight excluding hydrogens is 248 g/mol. The average Bonchev–Trinajstić information content (AvgIpc) is 2.15. The van der Waals surface area contributed by atoms with Gasteiger partial charge in [0, 0.05) is 23.2 Å². The number of non-ortho nitro benzene ring substituents is 1. The molecule has 74 valence electrons. The van der Waals surface area contributed by atoms with Crippen molar-refractivity contribution in [1.29, 1.82) is 0 Å². The first-order chi connectivity index (χ1) is 6.54. The molecule has 1 rings (SSSR count). The van der Waals surface area contributed by atoms with Crippen molar-refractivity contribution in [3.8, 4) is 0 Å². The van der Waals surface area contributed by atoms with Gasteiger partial charge in [-0.1, -0.05) is 22.5 Å². The van der Waals surface area contributed by atoms with Crippen molar-refractivity contribution < 1.29 is 4.92 Å². The molecule has 0 saturated heterocycles. The molecule has 0 amide bonds. The Balaban J connectivity index is 3.20. The zero-order chi connectivity index (χ0) is 10.7. The van der Waals surface area contributed by atoms with Crippen LogP contribution < -0.4 is 5.73 Å². The average molecular weight is 257 g/mol. The summed E-state index contributed by atoms with van der Waals surface area (Å²) in [7, 11) is 0. The second-order valence-corrected chi connectivity index (χ2v) is 3.68. The van der Waals surface area contributed by atoms with E-state index in [4.69, 9.17) is 5.73 Å². The maximum Gasteiger partial charge on any atom is 0.271 e. The molecule has 0 radical (unpaired) electrons. The van der Waals surface area contributed by atoms with E-state index < -0.39 is 4.92 Å². The van der Waals surface area contributed by atoms with Gasteiger partial charge in [0.25, 0.3) is 5.69 Å². The van der Waals surface area contributed by atoms with E-state index in [0.29, 0.717) is 15.6 Å². The van der Waals surface area contributed by atoms with Gasteiger partial charge in [0.2, 0.25) is 0 Å². The molecule has 0 heterocycles. The third-order valence-corrected chi connectivity index (χ3v) is 2.21. The largest absolute Gasteiger partial charge is 0.326 e. The predicted molar refractivity (Wildman–Crippen MR) is 58.9 cm³/mol. The van der Waals surface area contributed by atoms with E-state index >= 15 is 0 Å². The Labute approximate surface area is 89.7 Å². The van der Waals surface area contributed by atoms with Crippen molar-refractivity contribution in [2.24, 2.45) is 5.73 Å². The Hall–Kier alpha value is -1.20. The van der Waals surface area contributed by atoms with E-state index in [0.717, 1.165) is 0 Å². The standard InChI is InChI=1S/C9H9BrN2O2/c1-6(5-11)7-2-8(10)4-9(3-7)12(13)14/h2-4H,1,5,11H2. The molecule has 0 aliphatic carbocycles. The second kappa shape index (κ2) is 4.34. The number of nitro groups is 1. The topological polar surface area (TPSA) is 69.2 Å². The van der Waals surface area contributed by atoms with Gasteiger partial charge in [-0.25, -0.2) is 0 Å². The normalized spacial score (nSPS) is 9.86. The highest BCUT2D eigenvalue weighted by Gasteiger charge is 2.09. The third kappa shape index (κ3) is 2.40. The number of rotatable bonds is 3. The van der Waals surface area contributed by atoms with Crippen LogP contribution >= 0.6 is 15.9 Å². The van der Waals surface area contributed by atoms with E-state index in [-0.39, 0.29) is 12.2 Å². The molecule has 0 saturated carbocycles. The fourth-order valence-corrected chi connectivity index (χ4v) is 1.48. The number of nitrogens with two attached hydrogens (primary N) is 1. The Kier molecular flexibility index (Phi) is 3.38. The number of hydrogen-bond donors (Lipinski definition) is 1. The first-order valence-corrected chi connectivity index (χ1v) is 4.67. The van der Waals surface area contributed by atoms with Crippen LogP contribution in [0.1, 0.15) is 5.56 Å². The summed E-state index contributed by atoms with van der Waals surface area (Å²) in [6.45, 7) is 4.00. The lowest BCUT2D eigenvalue weighted by atomic mass is 10.1. The molecule has 0 spiro atoms. The Morgan fingerprint density at radius 2 is 2.21 bits per heavy atom. The van der Waals surface area contributed by atoms with E-state index in [2.05, 4.69) is 22.5 Å². The third-order valence-electron chi connectivity index (χ3n) is 1.75. The van der Waals surface area contributed by atoms with Crippen molar-refractivity contribution in [2.45, 2.75) is 0 Å². The molecule has 5 heteroatoms. The van der Waals surface area contributed by atoms with Gasteiger partial charge in [-0.2, -0.15) is 0 Å².